The molecule has 168 valence electrons. The van der Waals surface area contributed by atoms with Gasteiger partial charge < -0.3 is 14.5 Å². The first kappa shape index (κ1) is 21.5. The molecule has 2 aliphatic rings. The first-order valence-electron chi connectivity index (χ1n) is 10.7. The SMILES string of the molecule is COc1cccc(C(=O)N2CCSC23C(=O)N(Cc2ccc(F)cc2)c2ccc(C)cc23)c1. The predicted octanol–water partition coefficient (Wildman–Crippen LogP) is 4.73. The highest BCUT2D eigenvalue weighted by molar-refractivity contribution is 8.01. The summed E-state index contributed by atoms with van der Waals surface area (Å²) in [5.74, 6) is 0.572. The van der Waals surface area contributed by atoms with Gasteiger partial charge in [0, 0.05) is 23.4 Å². The largest absolute Gasteiger partial charge is 0.497 e. The van der Waals surface area contributed by atoms with Gasteiger partial charge in [-0.25, -0.2) is 4.39 Å². The van der Waals surface area contributed by atoms with Crippen LogP contribution in [-0.2, 0) is 16.2 Å². The van der Waals surface area contributed by atoms with Crippen LogP contribution in [-0.4, -0.2) is 36.1 Å². The molecule has 1 atom stereocenters. The summed E-state index contributed by atoms with van der Waals surface area (Å²) in [5.41, 5.74) is 3.93. The summed E-state index contributed by atoms with van der Waals surface area (Å²) in [6.07, 6.45) is 0. The van der Waals surface area contributed by atoms with E-state index in [-0.39, 0.29) is 17.6 Å². The first-order valence-corrected chi connectivity index (χ1v) is 11.7. The molecular weight excluding hydrogens is 439 g/mol. The molecule has 0 bridgehead atoms. The Morgan fingerprint density at radius 2 is 1.91 bits per heavy atom. The van der Waals surface area contributed by atoms with E-state index in [1.807, 2.05) is 25.1 Å². The normalized spacial score (nSPS) is 19.3. The smallest absolute Gasteiger partial charge is 0.268 e. The maximum atomic E-state index is 14.1. The van der Waals surface area contributed by atoms with E-state index in [1.165, 1.54) is 23.9 Å². The Morgan fingerprint density at radius 1 is 1.12 bits per heavy atom. The molecule has 5 rings (SSSR count). The molecule has 7 heteroatoms. The number of hydrogen-bond acceptors (Lipinski definition) is 4. The Labute approximate surface area is 196 Å². The van der Waals surface area contributed by atoms with Crippen molar-refractivity contribution in [3.05, 3.63) is 94.8 Å². The van der Waals surface area contributed by atoms with Crippen LogP contribution in [0.2, 0.25) is 0 Å². The maximum absolute atomic E-state index is 14.1. The van der Waals surface area contributed by atoms with Crippen molar-refractivity contribution in [2.75, 3.05) is 24.3 Å². The molecule has 0 N–H and O–H groups in total. The summed E-state index contributed by atoms with van der Waals surface area (Å²) < 4.78 is 18.7. The summed E-state index contributed by atoms with van der Waals surface area (Å²) in [6, 6.07) is 19.1. The average molecular weight is 463 g/mol. The summed E-state index contributed by atoms with van der Waals surface area (Å²) in [7, 11) is 1.56. The van der Waals surface area contributed by atoms with Gasteiger partial charge in [-0.1, -0.05) is 35.9 Å². The van der Waals surface area contributed by atoms with Crippen LogP contribution in [0.3, 0.4) is 0 Å². The topological polar surface area (TPSA) is 49.9 Å². The van der Waals surface area contributed by atoms with E-state index in [2.05, 4.69) is 0 Å². The minimum Gasteiger partial charge on any atom is -0.497 e. The van der Waals surface area contributed by atoms with Crippen LogP contribution in [0.1, 0.15) is 27.0 Å². The lowest BCUT2D eigenvalue weighted by Gasteiger charge is -2.33. The van der Waals surface area contributed by atoms with E-state index in [4.69, 9.17) is 4.74 Å². The molecule has 0 aliphatic carbocycles. The van der Waals surface area contributed by atoms with Crippen molar-refractivity contribution in [1.82, 2.24) is 4.90 Å². The number of rotatable bonds is 4. The van der Waals surface area contributed by atoms with Crippen LogP contribution in [0.15, 0.2) is 66.7 Å². The second-order valence-electron chi connectivity index (χ2n) is 8.22. The quantitative estimate of drug-likeness (QED) is 0.563. The molecule has 1 unspecified atom stereocenters. The Balaban J connectivity index is 1.58. The number of thioether (sulfide) groups is 1. The molecule has 0 saturated carbocycles. The van der Waals surface area contributed by atoms with Gasteiger partial charge in [-0.3, -0.25) is 9.59 Å². The number of carbonyl (C=O) groups excluding carboxylic acids is 2. The van der Waals surface area contributed by atoms with E-state index in [0.29, 0.717) is 30.2 Å². The van der Waals surface area contributed by atoms with Crippen molar-refractivity contribution in [1.29, 1.82) is 0 Å². The predicted molar refractivity (Wildman–Crippen MR) is 127 cm³/mol. The summed E-state index contributed by atoms with van der Waals surface area (Å²) in [5, 5.41) is 0. The number of nitrogens with zero attached hydrogens (tertiary/aromatic N) is 2. The highest BCUT2D eigenvalue weighted by atomic mass is 32.2. The van der Waals surface area contributed by atoms with Crippen LogP contribution in [0.5, 0.6) is 5.75 Å². The van der Waals surface area contributed by atoms with Gasteiger partial charge in [-0.2, -0.15) is 0 Å². The van der Waals surface area contributed by atoms with Crippen molar-refractivity contribution >= 4 is 29.3 Å². The van der Waals surface area contributed by atoms with Gasteiger partial charge in [-0.05, 0) is 48.9 Å². The van der Waals surface area contributed by atoms with Crippen LogP contribution in [0.25, 0.3) is 0 Å². The van der Waals surface area contributed by atoms with Crippen molar-refractivity contribution in [3.63, 3.8) is 0 Å². The zero-order valence-electron chi connectivity index (χ0n) is 18.4. The third-order valence-corrected chi connectivity index (χ3v) is 7.58. The molecule has 3 aromatic carbocycles. The average Bonchev–Trinajstić information content (AvgIpc) is 3.37. The lowest BCUT2D eigenvalue weighted by atomic mass is 10.0. The van der Waals surface area contributed by atoms with Crippen LogP contribution in [0.4, 0.5) is 10.1 Å². The van der Waals surface area contributed by atoms with Gasteiger partial charge in [0.1, 0.15) is 11.6 Å². The molecular formula is C26H23FN2O3S. The Hall–Kier alpha value is -3.32. The molecule has 2 heterocycles. The second-order valence-corrected chi connectivity index (χ2v) is 9.51. The molecule has 0 aromatic heterocycles. The Morgan fingerprint density at radius 3 is 2.67 bits per heavy atom. The number of anilines is 1. The third kappa shape index (κ3) is 3.47. The van der Waals surface area contributed by atoms with Crippen molar-refractivity contribution in [2.24, 2.45) is 0 Å². The fraction of sp³-hybridized carbons (Fsp3) is 0.231. The number of hydrogen-bond donors (Lipinski definition) is 0. The first-order chi connectivity index (χ1) is 15.9. The van der Waals surface area contributed by atoms with Crippen molar-refractivity contribution in [3.8, 4) is 5.75 Å². The standard InChI is InChI=1S/C26H23FN2O3S/c1-17-6-11-23-22(14-17)26(25(31)28(23)16-18-7-9-20(27)10-8-18)29(12-13-33-26)24(30)19-4-3-5-21(15-19)32-2/h3-11,14-15H,12-13,16H2,1-2H3. The molecule has 1 saturated heterocycles. The Bertz CT molecular complexity index is 1250. The summed E-state index contributed by atoms with van der Waals surface area (Å²) in [6.45, 7) is 2.75. The van der Waals surface area contributed by atoms with Crippen molar-refractivity contribution in [2.45, 2.75) is 18.3 Å². The van der Waals surface area contributed by atoms with E-state index in [9.17, 15) is 14.0 Å². The monoisotopic (exact) mass is 462 g/mol. The van der Waals surface area contributed by atoms with E-state index < -0.39 is 4.87 Å². The number of fused-ring (bicyclic) bond motifs is 2. The van der Waals surface area contributed by atoms with Crippen LogP contribution < -0.4 is 9.64 Å². The Kier molecular flexibility index (Phi) is 5.37. The minimum atomic E-state index is -1.12. The lowest BCUT2D eigenvalue weighted by molar-refractivity contribution is -0.123. The third-order valence-electron chi connectivity index (χ3n) is 6.16. The number of halogens is 1. The number of aryl methyl sites for hydroxylation is 1. The number of amides is 2. The van der Waals surface area contributed by atoms with Gasteiger partial charge in [-0.15, -0.1) is 11.8 Å². The zero-order valence-corrected chi connectivity index (χ0v) is 19.2. The number of methoxy groups -OCH3 is 1. The molecule has 1 fully saturated rings. The fourth-order valence-electron chi connectivity index (χ4n) is 4.57. The maximum Gasteiger partial charge on any atom is 0.268 e. The summed E-state index contributed by atoms with van der Waals surface area (Å²) >= 11 is 1.49. The minimum absolute atomic E-state index is 0.147. The highest BCUT2D eigenvalue weighted by Crippen LogP contribution is 2.55. The fourth-order valence-corrected chi connectivity index (χ4v) is 6.02. The lowest BCUT2D eigenvalue weighted by Crippen LogP contribution is -2.50. The number of ether oxygens (including phenoxy) is 1. The van der Waals surface area contributed by atoms with E-state index >= 15 is 0 Å². The summed E-state index contributed by atoms with van der Waals surface area (Å²) in [4.78, 5) is 30.0. The number of carbonyl (C=O) groups is 2. The molecule has 2 amide bonds. The molecule has 0 radical (unpaired) electrons. The second kappa shape index (κ2) is 8.23. The molecule has 1 spiro atoms. The van der Waals surface area contributed by atoms with E-state index in [0.717, 1.165) is 22.4 Å². The van der Waals surface area contributed by atoms with Gasteiger partial charge in [0.05, 0.1) is 19.3 Å². The van der Waals surface area contributed by atoms with Gasteiger partial charge in [0.25, 0.3) is 11.8 Å². The van der Waals surface area contributed by atoms with Gasteiger partial charge in [0.15, 0.2) is 4.87 Å². The molecule has 3 aromatic rings. The molecule has 2 aliphatic heterocycles. The number of benzene rings is 3. The molecule has 33 heavy (non-hydrogen) atoms. The van der Waals surface area contributed by atoms with Gasteiger partial charge >= 0.3 is 0 Å². The highest BCUT2D eigenvalue weighted by Gasteiger charge is 2.59. The zero-order chi connectivity index (χ0) is 23.2. The van der Waals surface area contributed by atoms with Gasteiger partial charge in [0.2, 0.25) is 0 Å². The van der Waals surface area contributed by atoms with Crippen molar-refractivity contribution < 1.29 is 18.7 Å². The van der Waals surface area contributed by atoms with Crippen LogP contribution >= 0.6 is 11.8 Å². The van der Waals surface area contributed by atoms with E-state index in [1.54, 1.807) is 53.3 Å². The van der Waals surface area contributed by atoms with Crippen LogP contribution in [0, 0.1) is 12.7 Å². The molecule has 5 nitrogen and oxygen atoms in total.